The first-order chi connectivity index (χ1) is 9.57. The van der Waals surface area contributed by atoms with Crippen LogP contribution in [0.1, 0.15) is 31.7 Å². The van der Waals surface area contributed by atoms with Crippen LogP contribution in [0.25, 0.3) is 0 Å². The van der Waals surface area contributed by atoms with E-state index in [0.29, 0.717) is 25.2 Å². The highest BCUT2D eigenvalue weighted by Crippen LogP contribution is 2.32. The fraction of sp³-hybridized carbons (Fsp3) is 0.533. The Kier molecular flexibility index (Phi) is 4.62. The Morgan fingerprint density at radius 1 is 1.55 bits per heavy atom. The van der Waals surface area contributed by atoms with E-state index in [1.165, 1.54) is 0 Å². The molecule has 1 aliphatic carbocycles. The van der Waals surface area contributed by atoms with Crippen molar-refractivity contribution in [2.75, 3.05) is 6.61 Å². The zero-order valence-electron chi connectivity index (χ0n) is 11.7. The molecule has 1 saturated carbocycles. The Morgan fingerprint density at radius 3 is 3.05 bits per heavy atom. The Hall–Kier alpha value is -1.59. The first-order valence-corrected chi connectivity index (χ1v) is 6.90. The van der Waals surface area contributed by atoms with Crippen molar-refractivity contribution in [3.63, 3.8) is 0 Å². The average molecular weight is 279 g/mol. The summed E-state index contributed by atoms with van der Waals surface area (Å²) in [5.41, 5.74) is 5.96. The molecule has 1 aliphatic rings. The summed E-state index contributed by atoms with van der Waals surface area (Å²) in [7, 11) is 0. The molecule has 0 bridgehead atoms. The highest BCUT2D eigenvalue weighted by atomic mass is 16.5. The van der Waals surface area contributed by atoms with Crippen LogP contribution in [0.4, 0.5) is 0 Å². The third-order valence-electron chi connectivity index (χ3n) is 3.57. The van der Waals surface area contributed by atoms with Gasteiger partial charge in [0, 0.05) is 6.42 Å². The van der Waals surface area contributed by atoms with Crippen molar-refractivity contribution >= 4 is 5.97 Å². The van der Waals surface area contributed by atoms with Gasteiger partial charge in [0.15, 0.2) is 0 Å². The molecule has 0 aromatic heterocycles. The zero-order valence-corrected chi connectivity index (χ0v) is 11.7. The van der Waals surface area contributed by atoms with Crippen molar-refractivity contribution in [1.29, 1.82) is 0 Å². The predicted molar refractivity (Wildman–Crippen MR) is 74.2 cm³/mol. The average Bonchev–Trinajstić information content (AvgIpc) is 2.82. The van der Waals surface area contributed by atoms with E-state index in [4.69, 9.17) is 20.3 Å². The number of esters is 1. The second-order valence-corrected chi connectivity index (χ2v) is 5.16. The second kappa shape index (κ2) is 6.24. The molecule has 0 amide bonds. The molecule has 110 valence electrons. The van der Waals surface area contributed by atoms with Crippen LogP contribution >= 0.6 is 0 Å². The van der Waals surface area contributed by atoms with Gasteiger partial charge in [0.1, 0.15) is 17.4 Å². The molecule has 0 aliphatic heterocycles. The molecule has 0 radical (unpaired) electrons. The van der Waals surface area contributed by atoms with Crippen LogP contribution in [0.15, 0.2) is 24.3 Å². The maximum absolute atomic E-state index is 11.8. The molecule has 20 heavy (non-hydrogen) atoms. The van der Waals surface area contributed by atoms with Crippen LogP contribution in [0.5, 0.6) is 5.75 Å². The Bertz CT molecular complexity index is 477. The minimum atomic E-state index is -0.935. The van der Waals surface area contributed by atoms with Gasteiger partial charge in [-0.1, -0.05) is 12.1 Å². The highest BCUT2D eigenvalue weighted by molar-refractivity contribution is 5.81. The van der Waals surface area contributed by atoms with Crippen LogP contribution in [-0.4, -0.2) is 29.3 Å². The molecular weight excluding hydrogens is 258 g/mol. The number of carbonyl (C=O) groups is 1. The number of rotatable bonds is 5. The molecule has 5 heteroatoms. The van der Waals surface area contributed by atoms with E-state index in [2.05, 4.69) is 0 Å². The molecule has 1 fully saturated rings. The SMILES string of the molecule is CCOC(=O)C1(N)CCC(Oc2cccc(CO)c2)C1. The monoisotopic (exact) mass is 279 g/mol. The van der Waals surface area contributed by atoms with Crippen molar-refractivity contribution in [2.24, 2.45) is 5.73 Å². The predicted octanol–water partition coefficient (Wildman–Crippen LogP) is 1.37. The number of ether oxygens (including phenoxy) is 2. The van der Waals surface area contributed by atoms with Gasteiger partial charge in [-0.3, -0.25) is 4.79 Å². The van der Waals surface area contributed by atoms with Crippen LogP contribution in [0.3, 0.4) is 0 Å². The molecule has 2 rings (SSSR count). The summed E-state index contributed by atoms with van der Waals surface area (Å²) in [6.45, 7) is 2.08. The van der Waals surface area contributed by atoms with Gasteiger partial charge in [0.05, 0.1) is 13.2 Å². The van der Waals surface area contributed by atoms with Crippen LogP contribution in [0, 0.1) is 0 Å². The van der Waals surface area contributed by atoms with Crippen molar-refractivity contribution in [3.8, 4) is 5.75 Å². The number of hydrogen-bond donors (Lipinski definition) is 2. The van der Waals surface area contributed by atoms with E-state index >= 15 is 0 Å². The van der Waals surface area contributed by atoms with Crippen LogP contribution < -0.4 is 10.5 Å². The largest absolute Gasteiger partial charge is 0.490 e. The van der Waals surface area contributed by atoms with E-state index in [9.17, 15) is 4.79 Å². The minimum absolute atomic E-state index is 0.0223. The molecule has 5 nitrogen and oxygen atoms in total. The van der Waals surface area contributed by atoms with Gasteiger partial charge in [-0.2, -0.15) is 0 Å². The fourth-order valence-electron chi connectivity index (χ4n) is 2.50. The second-order valence-electron chi connectivity index (χ2n) is 5.16. The van der Waals surface area contributed by atoms with Crippen molar-refractivity contribution < 1.29 is 19.4 Å². The van der Waals surface area contributed by atoms with Gasteiger partial charge in [0.2, 0.25) is 0 Å². The molecule has 1 aromatic carbocycles. The smallest absolute Gasteiger partial charge is 0.326 e. The summed E-state index contributed by atoms with van der Waals surface area (Å²) in [6.07, 6.45) is 1.64. The van der Waals surface area contributed by atoms with E-state index in [1.807, 2.05) is 18.2 Å². The highest BCUT2D eigenvalue weighted by Gasteiger charge is 2.44. The number of hydrogen-bond acceptors (Lipinski definition) is 5. The first kappa shape index (κ1) is 14.8. The lowest BCUT2D eigenvalue weighted by molar-refractivity contribution is -0.149. The quantitative estimate of drug-likeness (QED) is 0.796. The van der Waals surface area contributed by atoms with Gasteiger partial charge in [-0.05, 0) is 37.5 Å². The van der Waals surface area contributed by atoms with Gasteiger partial charge in [0.25, 0.3) is 0 Å². The lowest BCUT2D eigenvalue weighted by atomic mass is 9.99. The molecule has 0 spiro atoms. The maximum atomic E-state index is 11.8. The van der Waals surface area contributed by atoms with Crippen molar-refractivity contribution in [2.45, 2.75) is 44.4 Å². The summed E-state index contributed by atoms with van der Waals surface area (Å²) in [5.74, 6) is 0.338. The van der Waals surface area contributed by atoms with Crippen molar-refractivity contribution in [3.05, 3.63) is 29.8 Å². The Morgan fingerprint density at radius 2 is 2.35 bits per heavy atom. The van der Waals surface area contributed by atoms with E-state index < -0.39 is 5.54 Å². The van der Waals surface area contributed by atoms with E-state index in [-0.39, 0.29) is 18.7 Å². The normalized spacial score (nSPS) is 25.4. The summed E-state index contributed by atoms with van der Waals surface area (Å²) >= 11 is 0. The summed E-state index contributed by atoms with van der Waals surface area (Å²) in [5, 5.41) is 9.10. The molecule has 0 saturated heterocycles. The third kappa shape index (κ3) is 3.29. The van der Waals surface area contributed by atoms with Gasteiger partial charge in [-0.25, -0.2) is 0 Å². The number of carbonyl (C=O) groups excluding carboxylic acids is 1. The molecule has 2 atom stereocenters. The fourth-order valence-corrected chi connectivity index (χ4v) is 2.50. The molecule has 3 N–H and O–H groups in total. The standard InChI is InChI=1S/C15H21NO4/c1-2-19-14(18)15(16)7-6-13(9-15)20-12-5-3-4-11(8-12)10-17/h3-5,8,13,17H,2,6-7,9-10,16H2,1H3. The van der Waals surface area contributed by atoms with E-state index in [0.717, 1.165) is 12.0 Å². The topological polar surface area (TPSA) is 81.8 Å². The third-order valence-corrected chi connectivity index (χ3v) is 3.57. The lowest BCUT2D eigenvalue weighted by Crippen LogP contribution is -2.47. The number of nitrogens with two attached hydrogens (primary N) is 1. The number of benzene rings is 1. The molecule has 1 aromatic rings. The summed E-state index contributed by atoms with van der Waals surface area (Å²) in [4.78, 5) is 11.8. The Balaban J connectivity index is 1.97. The molecule has 2 unspecified atom stereocenters. The summed E-state index contributed by atoms with van der Waals surface area (Å²) < 4.78 is 10.9. The van der Waals surface area contributed by atoms with Crippen molar-refractivity contribution in [1.82, 2.24) is 0 Å². The zero-order chi connectivity index (χ0) is 14.6. The van der Waals surface area contributed by atoms with E-state index in [1.54, 1.807) is 13.0 Å². The summed E-state index contributed by atoms with van der Waals surface area (Å²) in [6, 6.07) is 7.28. The lowest BCUT2D eigenvalue weighted by Gasteiger charge is -2.21. The maximum Gasteiger partial charge on any atom is 0.326 e. The first-order valence-electron chi connectivity index (χ1n) is 6.90. The number of aliphatic hydroxyl groups is 1. The number of aliphatic hydroxyl groups excluding tert-OH is 1. The molecule has 0 heterocycles. The van der Waals surface area contributed by atoms with Crippen LogP contribution in [0.2, 0.25) is 0 Å². The van der Waals surface area contributed by atoms with Crippen LogP contribution in [-0.2, 0) is 16.1 Å². The molecular formula is C15H21NO4. The minimum Gasteiger partial charge on any atom is -0.490 e. The van der Waals surface area contributed by atoms with Gasteiger partial charge >= 0.3 is 5.97 Å². The Labute approximate surface area is 118 Å². The van der Waals surface area contributed by atoms with Gasteiger partial charge in [-0.15, -0.1) is 0 Å². The van der Waals surface area contributed by atoms with Gasteiger partial charge < -0.3 is 20.3 Å².